The van der Waals surface area contributed by atoms with E-state index in [1.54, 1.807) is 6.08 Å². The summed E-state index contributed by atoms with van der Waals surface area (Å²) in [5, 5.41) is 0. The average Bonchev–Trinajstić information content (AvgIpc) is 1.89. The fraction of sp³-hybridized carbons (Fsp3) is 0.429. The van der Waals surface area contributed by atoms with Crippen LogP contribution in [-0.4, -0.2) is 13.1 Å². The Kier molecular flexibility index (Phi) is 4.69. The first-order valence-electron chi connectivity index (χ1n) is 2.85. The molecule has 2 heteroatoms. The maximum atomic E-state index is 10.4. The highest BCUT2D eigenvalue weighted by atomic mass is 16.5. The summed E-state index contributed by atoms with van der Waals surface area (Å²) in [6.45, 7) is 3.60. The number of esters is 1. The van der Waals surface area contributed by atoms with Crippen LogP contribution in [0.15, 0.2) is 12.2 Å². The molecule has 0 saturated heterocycles. The number of allylic oxidation sites excluding steroid dienone is 1. The fourth-order valence-corrected chi connectivity index (χ4v) is 0.365. The van der Waals surface area contributed by atoms with Crippen molar-refractivity contribution in [3.63, 3.8) is 0 Å². The van der Waals surface area contributed by atoms with Crippen molar-refractivity contribution in [1.29, 1.82) is 0 Å². The molecule has 0 aliphatic carbocycles. The van der Waals surface area contributed by atoms with E-state index in [-0.39, 0.29) is 5.97 Å². The number of hydrogen-bond acceptors (Lipinski definition) is 2. The van der Waals surface area contributed by atoms with Gasteiger partial charge in [-0.15, -0.1) is 0 Å². The van der Waals surface area contributed by atoms with Crippen LogP contribution in [0.25, 0.3) is 0 Å². The van der Waals surface area contributed by atoms with E-state index in [2.05, 4.69) is 11.7 Å². The Morgan fingerprint density at radius 3 is 2.89 bits per heavy atom. The molecular formula is C7H11O2+. The molecule has 0 spiro atoms. The monoisotopic (exact) mass is 127 g/mol. The summed E-state index contributed by atoms with van der Waals surface area (Å²) < 4.78 is 4.35. The predicted molar refractivity (Wildman–Crippen MR) is 35.7 cm³/mol. The van der Waals surface area contributed by atoms with E-state index in [0.717, 1.165) is 12.8 Å². The van der Waals surface area contributed by atoms with Crippen molar-refractivity contribution < 1.29 is 9.53 Å². The van der Waals surface area contributed by atoms with Gasteiger partial charge in [-0.05, 0) is 0 Å². The van der Waals surface area contributed by atoms with Gasteiger partial charge in [-0.2, -0.15) is 0 Å². The molecule has 0 aromatic heterocycles. The molecule has 0 atom stereocenters. The molecule has 0 heterocycles. The molecule has 0 radical (unpaired) electrons. The summed E-state index contributed by atoms with van der Waals surface area (Å²) >= 11 is 0. The number of carbonyl (C=O) groups excluding carboxylic acids is 1. The van der Waals surface area contributed by atoms with Gasteiger partial charge in [0.05, 0.1) is 20.5 Å². The Morgan fingerprint density at radius 2 is 2.44 bits per heavy atom. The molecule has 0 saturated carbocycles. The molecule has 0 amide bonds. The van der Waals surface area contributed by atoms with Gasteiger partial charge >= 0.3 is 5.97 Å². The van der Waals surface area contributed by atoms with Crippen LogP contribution in [0.3, 0.4) is 0 Å². The molecule has 0 fully saturated rings. The molecule has 0 aliphatic rings. The summed E-state index contributed by atoms with van der Waals surface area (Å²) in [5.74, 6) is -0.302. The highest BCUT2D eigenvalue weighted by Crippen LogP contribution is 1.87. The molecule has 9 heavy (non-hydrogen) atoms. The van der Waals surface area contributed by atoms with E-state index in [1.807, 2.05) is 0 Å². The zero-order valence-electron chi connectivity index (χ0n) is 5.59. The van der Waals surface area contributed by atoms with Crippen molar-refractivity contribution in [3.8, 4) is 0 Å². The third-order valence-corrected chi connectivity index (χ3v) is 0.826. The minimum absolute atomic E-state index is 0.302. The van der Waals surface area contributed by atoms with Gasteiger partial charge in [-0.1, -0.05) is 6.08 Å². The predicted octanol–water partition coefficient (Wildman–Crippen LogP) is 1.33. The minimum atomic E-state index is -0.302. The normalized spacial score (nSPS) is 9.89. The second-order valence-electron chi connectivity index (χ2n) is 1.57. The van der Waals surface area contributed by atoms with Gasteiger partial charge in [0.15, 0.2) is 0 Å². The lowest BCUT2D eigenvalue weighted by Crippen LogP contribution is -1.92. The average molecular weight is 127 g/mol. The Labute approximate surface area is 55.5 Å². The van der Waals surface area contributed by atoms with Crippen molar-refractivity contribution in [2.24, 2.45) is 0 Å². The summed E-state index contributed by atoms with van der Waals surface area (Å²) in [4.78, 5) is 10.4. The lowest BCUT2D eigenvalue weighted by atomic mass is 10.3. The topological polar surface area (TPSA) is 26.3 Å². The van der Waals surface area contributed by atoms with E-state index in [0.29, 0.717) is 0 Å². The van der Waals surface area contributed by atoms with Gasteiger partial charge in [-0.3, -0.25) is 0 Å². The molecule has 0 unspecified atom stereocenters. The van der Waals surface area contributed by atoms with Crippen molar-refractivity contribution in [1.82, 2.24) is 0 Å². The Bertz CT molecular complexity index is 105. The van der Waals surface area contributed by atoms with E-state index in [1.165, 1.54) is 13.2 Å². The minimum Gasteiger partial charge on any atom is -0.466 e. The molecule has 0 rings (SSSR count). The van der Waals surface area contributed by atoms with Gasteiger partial charge in [-0.25, -0.2) is 4.79 Å². The number of ether oxygens (including phenoxy) is 1. The van der Waals surface area contributed by atoms with Crippen LogP contribution >= 0.6 is 0 Å². The third kappa shape index (κ3) is 4.94. The fourth-order valence-electron chi connectivity index (χ4n) is 0.365. The second-order valence-corrected chi connectivity index (χ2v) is 1.57. The smallest absolute Gasteiger partial charge is 0.330 e. The molecule has 0 aliphatic heterocycles. The first kappa shape index (κ1) is 8.08. The largest absolute Gasteiger partial charge is 0.466 e. The Hall–Kier alpha value is -0.920. The summed E-state index contributed by atoms with van der Waals surface area (Å²) in [7, 11) is 1.36. The number of unbranched alkanes of at least 4 members (excludes halogenated alkanes) is 1. The number of hydrogen-bond donors (Lipinski definition) is 0. The first-order chi connectivity index (χ1) is 4.31. The van der Waals surface area contributed by atoms with Crippen molar-refractivity contribution >= 4 is 5.97 Å². The van der Waals surface area contributed by atoms with Gasteiger partial charge < -0.3 is 4.74 Å². The van der Waals surface area contributed by atoms with Crippen LogP contribution in [-0.2, 0) is 9.53 Å². The Balaban J connectivity index is 3.32. The zero-order valence-corrected chi connectivity index (χ0v) is 5.59. The van der Waals surface area contributed by atoms with Crippen LogP contribution in [0.5, 0.6) is 0 Å². The van der Waals surface area contributed by atoms with Crippen LogP contribution in [0.1, 0.15) is 12.8 Å². The lowest BCUT2D eigenvalue weighted by molar-refractivity contribution is -0.134. The Morgan fingerprint density at radius 1 is 1.78 bits per heavy atom. The van der Waals surface area contributed by atoms with E-state index in [4.69, 9.17) is 0 Å². The van der Waals surface area contributed by atoms with Crippen molar-refractivity contribution in [2.75, 3.05) is 7.11 Å². The van der Waals surface area contributed by atoms with Crippen LogP contribution in [0.2, 0.25) is 0 Å². The summed E-state index contributed by atoms with van der Waals surface area (Å²) in [5.41, 5.74) is 0. The van der Waals surface area contributed by atoms with E-state index < -0.39 is 0 Å². The molecule has 0 bridgehead atoms. The van der Waals surface area contributed by atoms with Crippen molar-refractivity contribution in [2.45, 2.75) is 12.8 Å². The maximum Gasteiger partial charge on any atom is 0.330 e. The zero-order chi connectivity index (χ0) is 7.11. The van der Waals surface area contributed by atoms with Crippen LogP contribution < -0.4 is 0 Å². The maximum absolute atomic E-state index is 10.4. The first-order valence-corrected chi connectivity index (χ1v) is 2.85. The number of carbonyl (C=O) groups is 1. The van der Waals surface area contributed by atoms with Gasteiger partial charge in [0.2, 0.25) is 0 Å². The number of methoxy groups -OCH3 is 1. The second kappa shape index (κ2) is 5.22. The van der Waals surface area contributed by atoms with E-state index in [9.17, 15) is 4.79 Å². The number of rotatable bonds is 3. The lowest BCUT2D eigenvalue weighted by Gasteiger charge is -1.86. The van der Waals surface area contributed by atoms with Crippen LogP contribution in [0, 0.1) is 6.92 Å². The standard InChI is InChI=1S/C7H11O2/c1-3-4-5-6-7(8)9-2/h5-6H,1,3-4H2,2H3/q+1/b6-5+. The quantitative estimate of drug-likeness (QED) is 0.325. The molecule has 2 nitrogen and oxygen atoms in total. The molecule has 0 aromatic rings. The van der Waals surface area contributed by atoms with Crippen molar-refractivity contribution in [3.05, 3.63) is 19.1 Å². The highest BCUT2D eigenvalue weighted by Gasteiger charge is 1.88. The van der Waals surface area contributed by atoms with Gasteiger partial charge in [0, 0.05) is 12.5 Å². The van der Waals surface area contributed by atoms with Crippen LogP contribution in [0.4, 0.5) is 0 Å². The van der Waals surface area contributed by atoms with Gasteiger partial charge in [0.25, 0.3) is 0 Å². The molecular weight excluding hydrogens is 116 g/mol. The molecule has 0 aromatic carbocycles. The summed E-state index contributed by atoms with van der Waals surface area (Å²) in [6.07, 6.45) is 4.80. The molecule has 50 valence electrons. The van der Waals surface area contributed by atoms with Gasteiger partial charge in [0.1, 0.15) is 0 Å². The highest BCUT2D eigenvalue weighted by molar-refractivity contribution is 5.81. The SMILES string of the molecule is [CH2+]CC/C=C/C(=O)OC. The molecule has 0 N–H and O–H groups in total. The van der Waals surface area contributed by atoms with E-state index >= 15 is 0 Å². The summed E-state index contributed by atoms with van der Waals surface area (Å²) in [6, 6.07) is 0. The third-order valence-electron chi connectivity index (χ3n) is 0.826.